The van der Waals surface area contributed by atoms with E-state index in [0.29, 0.717) is 29.4 Å². The van der Waals surface area contributed by atoms with E-state index >= 15 is 0 Å². The lowest BCUT2D eigenvalue weighted by atomic mass is 10.1. The summed E-state index contributed by atoms with van der Waals surface area (Å²) in [5.74, 6) is 0.480. The Bertz CT molecular complexity index is 1560. The molecule has 1 N–H and O–H groups in total. The minimum Gasteiger partial charge on any atom is -0.494 e. The molecule has 2 aromatic heterocycles. The molecule has 2 aromatic carbocycles. The average molecular weight is 495 g/mol. The number of benzene rings is 2. The van der Waals surface area contributed by atoms with Crippen molar-refractivity contribution in [3.05, 3.63) is 99.5 Å². The number of nitrogens with zero attached hydrogens (tertiary/aromatic N) is 3. The molecule has 0 aliphatic rings. The standard InChI is InChI=1S/C29H26N4O4/c1-4-20-8-12-24(13-9-20)37-28-25(29(35)33-16-6-7-19(3)26(33)32-28)17-21(18-30)27(34)31-22-10-14-23(15-11-22)36-5-2/h6-17H,4-5H2,1-3H3,(H,31,34)/b21-17+. The van der Waals surface area contributed by atoms with Gasteiger partial charge in [-0.1, -0.05) is 25.1 Å². The van der Waals surface area contributed by atoms with E-state index in [1.165, 1.54) is 10.5 Å². The van der Waals surface area contributed by atoms with Crippen LogP contribution in [0.3, 0.4) is 0 Å². The Labute approximate surface area is 214 Å². The van der Waals surface area contributed by atoms with E-state index < -0.39 is 11.5 Å². The Morgan fingerprint density at radius 1 is 1.08 bits per heavy atom. The Hall–Kier alpha value is -4.90. The summed E-state index contributed by atoms with van der Waals surface area (Å²) in [5, 5.41) is 12.4. The van der Waals surface area contributed by atoms with Gasteiger partial charge in [-0.2, -0.15) is 10.2 Å². The number of aromatic nitrogens is 2. The molecule has 4 rings (SSSR count). The van der Waals surface area contributed by atoms with Crippen LogP contribution in [0.1, 0.15) is 30.5 Å². The quantitative estimate of drug-likeness (QED) is 0.263. The van der Waals surface area contributed by atoms with Gasteiger partial charge in [-0.05, 0) is 79.9 Å². The fraction of sp³-hybridized carbons (Fsp3) is 0.172. The first-order valence-corrected chi connectivity index (χ1v) is 11.9. The summed E-state index contributed by atoms with van der Waals surface area (Å²) in [4.78, 5) is 31.0. The minimum absolute atomic E-state index is 0.00478. The number of nitrogens with one attached hydrogen (secondary N) is 1. The fourth-order valence-corrected chi connectivity index (χ4v) is 3.69. The van der Waals surface area contributed by atoms with Gasteiger partial charge in [0.2, 0.25) is 5.88 Å². The fourth-order valence-electron chi connectivity index (χ4n) is 3.69. The highest BCUT2D eigenvalue weighted by molar-refractivity contribution is 6.09. The summed E-state index contributed by atoms with van der Waals surface area (Å²) in [5.41, 5.74) is 2.05. The van der Waals surface area contributed by atoms with Gasteiger partial charge in [-0.25, -0.2) is 0 Å². The van der Waals surface area contributed by atoms with Gasteiger partial charge in [0.1, 0.15) is 34.4 Å². The number of hydrogen-bond acceptors (Lipinski definition) is 6. The van der Waals surface area contributed by atoms with Crippen molar-refractivity contribution < 1.29 is 14.3 Å². The summed E-state index contributed by atoms with van der Waals surface area (Å²) < 4.78 is 12.8. The molecule has 0 spiro atoms. The van der Waals surface area contributed by atoms with E-state index in [-0.39, 0.29) is 17.0 Å². The predicted molar refractivity (Wildman–Crippen MR) is 142 cm³/mol. The number of amides is 1. The van der Waals surface area contributed by atoms with Crippen LogP contribution in [0.4, 0.5) is 5.69 Å². The Morgan fingerprint density at radius 2 is 1.78 bits per heavy atom. The molecule has 0 atom stereocenters. The summed E-state index contributed by atoms with van der Waals surface area (Å²) in [7, 11) is 0. The van der Waals surface area contributed by atoms with Crippen molar-refractivity contribution in [1.82, 2.24) is 9.38 Å². The topological polar surface area (TPSA) is 106 Å². The lowest BCUT2D eigenvalue weighted by Crippen LogP contribution is -2.20. The molecule has 0 bridgehead atoms. The lowest BCUT2D eigenvalue weighted by molar-refractivity contribution is -0.112. The number of nitriles is 1. The molecule has 1 amide bonds. The van der Waals surface area contributed by atoms with Gasteiger partial charge in [0.05, 0.1) is 6.61 Å². The second-order valence-corrected chi connectivity index (χ2v) is 8.20. The van der Waals surface area contributed by atoms with Crippen molar-refractivity contribution in [2.45, 2.75) is 27.2 Å². The van der Waals surface area contributed by atoms with Crippen molar-refractivity contribution >= 4 is 23.3 Å². The molecule has 0 saturated heterocycles. The summed E-state index contributed by atoms with van der Waals surface area (Å²) >= 11 is 0. The van der Waals surface area contributed by atoms with Gasteiger partial charge in [-0.3, -0.25) is 14.0 Å². The van der Waals surface area contributed by atoms with Gasteiger partial charge in [-0.15, -0.1) is 0 Å². The van der Waals surface area contributed by atoms with Crippen molar-refractivity contribution in [2.75, 3.05) is 11.9 Å². The highest BCUT2D eigenvalue weighted by atomic mass is 16.5. The number of fused-ring (bicyclic) bond motifs is 1. The van der Waals surface area contributed by atoms with Crippen molar-refractivity contribution in [1.29, 1.82) is 5.26 Å². The molecule has 186 valence electrons. The van der Waals surface area contributed by atoms with Crippen LogP contribution in [0.5, 0.6) is 17.4 Å². The molecule has 0 radical (unpaired) electrons. The average Bonchev–Trinajstić information content (AvgIpc) is 2.91. The smallest absolute Gasteiger partial charge is 0.269 e. The van der Waals surface area contributed by atoms with E-state index in [4.69, 9.17) is 9.47 Å². The first-order valence-electron chi connectivity index (χ1n) is 11.9. The lowest BCUT2D eigenvalue weighted by Gasteiger charge is -2.12. The van der Waals surface area contributed by atoms with E-state index in [1.54, 1.807) is 48.7 Å². The van der Waals surface area contributed by atoms with Gasteiger partial charge in [0.25, 0.3) is 11.5 Å². The summed E-state index contributed by atoms with van der Waals surface area (Å²) in [6, 6.07) is 19.6. The maximum absolute atomic E-state index is 13.5. The largest absolute Gasteiger partial charge is 0.494 e. The van der Waals surface area contributed by atoms with Crippen LogP contribution >= 0.6 is 0 Å². The Balaban J connectivity index is 1.75. The van der Waals surface area contributed by atoms with Crippen LogP contribution in [0, 0.1) is 18.3 Å². The maximum atomic E-state index is 13.5. The van der Waals surface area contributed by atoms with Crippen molar-refractivity contribution in [2.24, 2.45) is 0 Å². The Kier molecular flexibility index (Phi) is 7.65. The predicted octanol–water partition coefficient (Wildman–Crippen LogP) is 5.30. The second-order valence-electron chi connectivity index (χ2n) is 8.20. The van der Waals surface area contributed by atoms with Gasteiger partial charge in [0, 0.05) is 11.9 Å². The number of carbonyl (C=O) groups is 1. The molecule has 0 saturated carbocycles. The van der Waals surface area contributed by atoms with Crippen LogP contribution in [0.25, 0.3) is 11.7 Å². The third kappa shape index (κ3) is 5.68. The highest BCUT2D eigenvalue weighted by Crippen LogP contribution is 2.25. The second kappa shape index (κ2) is 11.2. The van der Waals surface area contributed by atoms with Crippen LogP contribution in [0.2, 0.25) is 0 Å². The molecule has 0 unspecified atom stereocenters. The first kappa shape index (κ1) is 25.2. The SMILES string of the molecule is CCOc1ccc(NC(=O)/C(C#N)=C/c2c(Oc3ccc(CC)cc3)nc3c(C)cccn3c2=O)cc1. The molecule has 8 heteroatoms. The van der Waals surface area contributed by atoms with E-state index in [2.05, 4.69) is 17.2 Å². The molecule has 0 aliphatic carbocycles. The van der Waals surface area contributed by atoms with Gasteiger partial charge < -0.3 is 14.8 Å². The molecule has 37 heavy (non-hydrogen) atoms. The third-order valence-electron chi connectivity index (χ3n) is 5.67. The third-order valence-corrected chi connectivity index (χ3v) is 5.67. The number of pyridine rings is 1. The number of rotatable bonds is 8. The van der Waals surface area contributed by atoms with E-state index in [1.807, 2.05) is 38.1 Å². The van der Waals surface area contributed by atoms with Crippen molar-refractivity contribution in [3.63, 3.8) is 0 Å². The van der Waals surface area contributed by atoms with Crippen LogP contribution in [-0.2, 0) is 11.2 Å². The van der Waals surface area contributed by atoms with E-state index in [0.717, 1.165) is 17.5 Å². The maximum Gasteiger partial charge on any atom is 0.269 e. The summed E-state index contributed by atoms with van der Waals surface area (Å²) in [6.45, 7) is 6.29. The summed E-state index contributed by atoms with van der Waals surface area (Å²) in [6.07, 6.45) is 3.67. The van der Waals surface area contributed by atoms with Crippen molar-refractivity contribution in [3.8, 4) is 23.4 Å². The zero-order valence-electron chi connectivity index (χ0n) is 20.8. The number of hydrogen-bond donors (Lipinski definition) is 1. The van der Waals surface area contributed by atoms with Gasteiger partial charge in [0.15, 0.2) is 0 Å². The monoisotopic (exact) mass is 494 g/mol. The number of carbonyl (C=O) groups excluding carboxylic acids is 1. The molecular weight excluding hydrogens is 468 g/mol. The van der Waals surface area contributed by atoms with Gasteiger partial charge >= 0.3 is 0 Å². The normalized spacial score (nSPS) is 11.1. The molecule has 0 aliphatic heterocycles. The van der Waals surface area contributed by atoms with Crippen LogP contribution in [0.15, 0.2) is 77.2 Å². The molecule has 0 fully saturated rings. The number of ether oxygens (including phenoxy) is 2. The van der Waals surface area contributed by atoms with Crippen LogP contribution in [-0.4, -0.2) is 21.9 Å². The molecular formula is C29H26N4O4. The van der Waals surface area contributed by atoms with E-state index in [9.17, 15) is 14.9 Å². The number of aryl methyl sites for hydroxylation is 2. The zero-order valence-corrected chi connectivity index (χ0v) is 20.8. The molecule has 8 nitrogen and oxygen atoms in total. The number of anilines is 1. The zero-order chi connectivity index (χ0) is 26.4. The minimum atomic E-state index is -0.668. The van der Waals surface area contributed by atoms with Crippen LogP contribution < -0.4 is 20.3 Å². The molecule has 4 aromatic rings. The highest BCUT2D eigenvalue weighted by Gasteiger charge is 2.18. The Morgan fingerprint density at radius 3 is 2.43 bits per heavy atom. The first-order chi connectivity index (χ1) is 17.9. The molecule has 2 heterocycles.